The number of benzene rings is 2. The monoisotopic (exact) mass is 477 g/mol. The minimum atomic E-state index is -0.365. The molecule has 35 heavy (non-hydrogen) atoms. The van der Waals surface area contributed by atoms with Crippen molar-refractivity contribution in [1.29, 1.82) is 0 Å². The summed E-state index contributed by atoms with van der Waals surface area (Å²) >= 11 is 0. The molecule has 2 aliphatic heterocycles. The van der Waals surface area contributed by atoms with Gasteiger partial charge in [-0.1, -0.05) is 0 Å². The number of rotatable bonds is 5. The van der Waals surface area contributed by atoms with Gasteiger partial charge in [-0.3, -0.25) is 9.59 Å². The molecular formula is C26H31N5O4. The zero-order valence-corrected chi connectivity index (χ0v) is 20.2. The van der Waals surface area contributed by atoms with E-state index >= 15 is 0 Å². The van der Waals surface area contributed by atoms with Crippen molar-refractivity contribution in [3.8, 4) is 5.75 Å². The largest absolute Gasteiger partial charge is 0.496 e. The fourth-order valence-corrected chi connectivity index (χ4v) is 4.70. The van der Waals surface area contributed by atoms with Crippen molar-refractivity contribution in [2.45, 2.75) is 0 Å². The first-order chi connectivity index (χ1) is 17.0. The number of piperazine rings is 1. The Balaban J connectivity index is 1.43. The highest BCUT2D eigenvalue weighted by Gasteiger charge is 2.21. The SMILES string of the molecule is COc1ccc(N2CCN(C)CC2)c2[nH]c(C(=O)Nc3ccc(N4CCOCC4)cc3)cc(=O)c12. The molecule has 0 radical (unpaired) electrons. The Morgan fingerprint density at radius 3 is 2.37 bits per heavy atom. The van der Waals surface area contributed by atoms with Crippen LogP contribution in [-0.4, -0.2) is 82.4 Å². The lowest BCUT2D eigenvalue weighted by Crippen LogP contribution is -2.44. The second-order valence-electron chi connectivity index (χ2n) is 8.97. The molecule has 2 aliphatic rings. The molecule has 3 aromatic rings. The molecular weight excluding hydrogens is 446 g/mol. The summed E-state index contributed by atoms with van der Waals surface area (Å²) in [4.78, 5) is 36.2. The van der Waals surface area contributed by atoms with Gasteiger partial charge in [-0.15, -0.1) is 0 Å². The van der Waals surface area contributed by atoms with E-state index < -0.39 is 0 Å². The summed E-state index contributed by atoms with van der Waals surface area (Å²) in [7, 11) is 3.65. The number of aromatic amines is 1. The number of hydrogen-bond donors (Lipinski definition) is 2. The molecule has 0 bridgehead atoms. The molecule has 0 unspecified atom stereocenters. The normalized spacial score (nSPS) is 17.0. The Hall–Kier alpha value is -3.56. The van der Waals surface area contributed by atoms with Crippen molar-refractivity contribution < 1.29 is 14.3 Å². The molecule has 0 atom stereocenters. The Morgan fingerprint density at radius 2 is 1.69 bits per heavy atom. The van der Waals surface area contributed by atoms with Gasteiger partial charge in [-0.25, -0.2) is 0 Å². The molecule has 2 N–H and O–H groups in total. The van der Waals surface area contributed by atoms with Crippen LogP contribution in [0.25, 0.3) is 10.9 Å². The predicted molar refractivity (Wildman–Crippen MR) is 138 cm³/mol. The third-order valence-corrected chi connectivity index (χ3v) is 6.74. The predicted octanol–water partition coefficient (Wildman–Crippen LogP) is 2.38. The molecule has 5 rings (SSSR count). The van der Waals surface area contributed by atoms with Gasteiger partial charge >= 0.3 is 0 Å². The average molecular weight is 478 g/mol. The second kappa shape index (κ2) is 9.97. The number of methoxy groups -OCH3 is 1. The smallest absolute Gasteiger partial charge is 0.272 e. The topological polar surface area (TPSA) is 90.1 Å². The quantitative estimate of drug-likeness (QED) is 0.583. The second-order valence-corrected chi connectivity index (χ2v) is 8.97. The van der Waals surface area contributed by atoms with Gasteiger partial charge in [0.1, 0.15) is 11.4 Å². The molecule has 0 spiro atoms. The number of ether oxygens (including phenoxy) is 2. The van der Waals surface area contributed by atoms with Gasteiger partial charge in [-0.05, 0) is 43.4 Å². The summed E-state index contributed by atoms with van der Waals surface area (Å²) in [6, 6.07) is 12.8. The Morgan fingerprint density at radius 1 is 0.971 bits per heavy atom. The molecule has 2 fully saturated rings. The lowest BCUT2D eigenvalue weighted by Gasteiger charge is -2.34. The zero-order chi connectivity index (χ0) is 24.4. The fourth-order valence-electron chi connectivity index (χ4n) is 4.70. The van der Waals surface area contributed by atoms with Crippen LogP contribution in [0.3, 0.4) is 0 Å². The molecule has 9 heteroatoms. The van der Waals surface area contributed by atoms with Gasteiger partial charge in [0.2, 0.25) is 0 Å². The van der Waals surface area contributed by atoms with Gasteiger partial charge in [0.15, 0.2) is 5.43 Å². The first-order valence-corrected chi connectivity index (χ1v) is 11.9. The minimum absolute atomic E-state index is 0.211. The van der Waals surface area contributed by atoms with Gasteiger partial charge in [0, 0.05) is 56.7 Å². The van der Waals surface area contributed by atoms with E-state index in [9.17, 15) is 9.59 Å². The van der Waals surface area contributed by atoms with Crippen molar-refractivity contribution in [3.63, 3.8) is 0 Å². The van der Waals surface area contributed by atoms with Crippen LogP contribution in [-0.2, 0) is 4.74 Å². The third-order valence-electron chi connectivity index (χ3n) is 6.74. The van der Waals surface area contributed by atoms with Crippen molar-refractivity contribution in [2.24, 2.45) is 0 Å². The van der Waals surface area contributed by atoms with Crippen LogP contribution in [0.4, 0.5) is 17.1 Å². The standard InChI is InChI=1S/C26H31N5O4/c1-29-9-11-31(12-10-29)21-7-8-23(34-2)24-22(32)17-20(28-25(21)24)26(33)27-18-3-5-19(6-4-18)30-13-15-35-16-14-30/h3-8,17H,9-16H2,1-2H3,(H,27,33)(H,28,32). The number of pyridine rings is 1. The molecule has 0 aliphatic carbocycles. The van der Waals surface area contributed by atoms with E-state index in [1.165, 1.54) is 6.07 Å². The van der Waals surface area contributed by atoms with Gasteiger partial charge in [0.25, 0.3) is 5.91 Å². The summed E-state index contributed by atoms with van der Waals surface area (Å²) < 4.78 is 10.9. The van der Waals surface area contributed by atoms with E-state index in [-0.39, 0.29) is 17.0 Å². The van der Waals surface area contributed by atoms with E-state index in [0.717, 1.165) is 50.6 Å². The Kier molecular flexibility index (Phi) is 6.61. The number of nitrogens with one attached hydrogen (secondary N) is 2. The molecule has 2 saturated heterocycles. The highest BCUT2D eigenvalue weighted by Crippen LogP contribution is 2.31. The number of aromatic nitrogens is 1. The summed E-state index contributed by atoms with van der Waals surface area (Å²) in [5.41, 5.74) is 3.24. The Labute approximate surface area is 204 Å². The summed E-state index contributed by atoms with van der Waals surface area (Å²) in [5.74, 6) is 0.125. The number of fused-ring (bicyclic) bond motifs is 1. The van der Waals surface area contributed by atoms with E-state index in [1.807, 2.05) is 36.4 Å². The summed E-state index contributed by atoms with van der Waals surface area (Å²) in [5, 5.41) is 3.36. The van der Waals surface area contributed by atoms with E-state index in [0.29, 0.717) is 35.6 Å². The molecule has 1 amide bonds. The van der Waals surface area contributed by atoms with Crippen LogP contribution in [0, 0.1) is 0 Å². The number of hydrogen-bond acceptors (Lipinski definition) is 7. The van der Waals surface area contributed by atoms with E-state index in [2.05, 4.69) is 32.0 Å². The number of amides is 1. The number of carbonyl (C=O) groups is 1. The van der Waals surface area contributed by atoms with Crippen molar-refractivity contribution in [1.82, 2.24) is 9.88 Å². The maximum absolute atomic E-state index is 13.1. The van der Waals surface area contributed by atoms with Crippen molar-refractivity contribution in [2.75, 3.05) is 81.8 Å². The molecule has 2 aromatic carbocycles. The lowest BCUT2D eigenvalue weighted by atomic mass is 10.1. The Bertz CT molecular complexity index is 1260. The van der Waals surface area contributed by atoms with Crippen LogP contribution in [0.1, 0.15) is 10.5 Å². The minimum Gasteiger partial charge on any atom is -0.496 e. The van der Waals surface area contributed by atoms with Crippen molar-refractivity contribution in [3.05, 3.63) is 58.4 Å². The first kappa shape index (κ1) is 23.2. The highest BCUT2D eigenvalue weighted by molar-refractivity contribution is 6.05. The maximum Gasteiger partial charge on any atom is 0.272 e. The van der Waals surface area contributed by atoms with Gasteiger partial charge in [0.05, 0.1) is 36.9 Å². The average Bonchev–Trinajstić information content (AvgIpc) is 2.89. The van der Waals surface area contributed by atoms with Gasteiger partial charge < -0.3 is 34.5 Å². The summed E-state index contributed by atoms with van der Waals surface area (Å²) in [6.45, 7) is 6.67. The third kappa shape index (κ3) is 4.82. The van der Waals surface area contributed by atoms with E-state index in [1.54, 1.807) is 7.11 Å². The molecule has 3 heterocycles. The van der Waals surface area contributed by atoms with E-state index in [4.69, 9.17) is 9.47 Å². The first-order valence-electron chi connectivity index (χ1n) is 11.9. The summed E-state index contributed by atoms with van der Waals surface area (Å²) in [6.07, 6.45) is 0. The number of carbonyl (C=O) groups excluding carboxylic acids is 1. The van der Waals surface area contributed by atoms with Crippen LogP contribution in [0.5, 0.6) is 5.75 Å². The molecule has 9 nitrogen and oxygen atoms in total. The molecule has 1 aromatic heterocycles. The van der Waals surface area contributed by atoms with Crippen molar-refractivity contribution >= 4 is 33.9 Å². The van der Waals surface area contributed by atoms with Crippen LogP contribution in [0.15, 0.2) is 47.3 Å². The number of H-pyrrole nitrogens is 1. The highest BCUT2D eigenvalue weighted by atomic mass is 16.5. The molecule has 0 saturated carbocycles. The van der Waals surface area contributed by atoms with Crippen LogP contribution >= 0.6 is 0 Å². The number of anilines is 3. The maximum atomic E-state index is 13.1. The fraction of sp³-hybridized carbons (Fsp3) is 0.385. The van der Waals surface area contributed by atoms with Gasteiger partial charge in [-0.2, -0.15) is 0 Å². The van der Waals surface area contributed by atoms with Crippen LogP contribution < -0.4 is 25.3 Å². The molecule has 184 valence electrons. The van der Waals surface area contributed by atoms with Crippen LogP contribution in [0.2, 0.25) is 0 Å². The zero-order valence-electron chi connectivity index (χ0n) is 20.2. The lowest BCUT2D eigenvalue weighted by molar-refractivity contribution is 0.102. The number of nitrogens with zero attached hydrogens (tertiary/aromatic N) is 3. The number of morpholine rings is 1. The number of likely N-dealkylation sites (N-methyl/N-ethyl adjacent to an activating group) is 1.